The molecule has 1 aliphatic heterocycles. The zero-order chi connectivity index (χ0) is 27.1. The van der Waals surface area contributed by atoms with Crippen molar-refractivity contribution in [2.24, 2.45) is 5.92 Å². The minimum Gasteiger partial charge on any atom is -0.491 e. The van der Waals surface area contributed by atoms with Gasteiger partial charge in [0.2, 0.25) is 17.7 Å². The lowest BCUT2D eigenvalue weighted by Gasteiger charge is -2.32. The maximum Gasteiger partial charge on any atom is 0.224 e. The fourth-order valence-corrected chi connectivity index (χ4v) is 4.73. The Morgan fingerprint density at radius 2 is 1.71 bits per heavy atom. The first-order valence-electron chi connectivity index (χ1n) is 12.2. The van der Waals surface area contributed by atoms with Crippen molar-refractivity contribution < 1.29 is 23.4 Å². The van der Waals surface area contributed by atoms with E-state index in [1.165, 1.54) is 26.4 Å². The third kappa shape index (κ3) is 7.24. The Bertz CT molecular complexity index is 1220. The highest BCUT2D eigenvalue weighted by Crippen LogP contribution is 2.28. The molecule has 8 nitrogen and oxygen atoms in total. The van der Waals surface area contributed by atoms with Gasteiger partial charge in [0.15, 0.2) is 5.82 Å². The van der Waals surface area contributed by atoms with Gasteiger partial charge in [0, 0.05) is 17.5 Å². The molecule has 0 bridgehead atoms. The van der Waals surface area contributed by atoms with Gasteiger partial charge in [0.05, 0.1) is 25.3 Å². The van der Waals surface area contributed by atoms with Gasteiger partial charge >= 0.3 is 0 Å². The number of nitrogens with one attached hydrogen (secondary N) is 1. The average Bonchev–Trinajstić information content (AvgIpc) is 2.93. The number of amides is 1. The number of hydrogen-bond acceptors (Lipinski definition) is 7. The van der Waals surface area contributed by atoms with E-state index in [1.54, 1.807) is 36.4 Å². The summed E-state index contributed by atoms with van der Waals surface area (Å²) in [4.78, 5) is 24.4. The molecule has 1 fully saturated rings. The monoisotopic (exact) mass is 562 g/mol. The highest BCUT2D eigenvalue weighted by atomic mass is 35.5. The minimum absolute atomic E-state index is 0.117. The number of halogens is 3. The van der Waals surface area contributed by atoms with Gasteiger partial charge in [-0.3, -0.25) is 9.69 Å². The van der Waals surface area contributed by atoms with Gasteiger partial charge in [-0.25, -0.2) is 4.39 Å². The molecular formula is C27H29Cl2FN4O4. The maximum atomic E-state index is 13.6. The lowest BCUT2D eigenvalue weighted by atomic mass is 9.95. The third-order valence-electron chi connectivity index (χ3n) is 6.38. The normalized spacial score (nSPS) is 15.1. The Balaban J connectivity index is 1.37. The fourth-order valence-electron chi connectivity index (χ4n) is 4.27. The van der Waals surface area contributed by atoms with Gasteiger partial charge in [0.25, 0.3) is 0 Å². The first-order chi connectivity index (χ1) is 18.4. The van der Waals surface area contributed by atoms with Crippen molar-refractivity contribution in [3.63, 3.8) is 0 Å². The number of carbonyl (C=O) groups is 1. The predicted molar refractivity (Wildman–Crippen MR) is 143 cm³/mol. The molecule has 1 atom stereocenters. The zero-order valence-corrected chi connectivity index (χ0v) is 22.6. The fraction of sp³-hybridized carbons (Fsp3) is 0.370. The van der Waals surface area contributed by atoms with Gasteiger partial charge in [-0.15, -0.1) is 0 Å². The Morgan fingerprint density at radius 1 is 1.05 bits per heavy atom. The molecule has 4 rings (SSSR count). The number of piperidine rings is 1. The summed E-state index contributed by atoms with van der Waals surface area (Å²) in [5, 5.41) is 4.10. The van der Waals surface area contributed by atoms with Crippen LogP contribution in [0.3, 0.4) is 0 Å². The van der Waals surface area contributed by atoms with Crippen LogP contribution in [-0.4, -0.2) is 61.2 Å². The van der Waals surface area contributed by atoms with E-state index in [1.807, 2.05) is 0 Å². The third-order valence-corrected chi connectivity index (χ3v) is 6.91. The van der Waals surface area contributed by atoms with Crippen LogP contribution in [0.25, 0.3) is 0 Å². The van der Waals surface area contributed by atoms with Gasteiger partial charge < -0.3 is 19.5 Å². The van der Waals surface area contributed by atoms with E-state index in [0.717, 1.165) is 13.1 Å². The molecule has 0 aliphatic carbocycles. The van der Waals surface area contributed by atoms with Gasteiger partial charge in [-0.05, 0) is 61.8 Å². The molecule has 1 aliphatic rings. The van der Waals surface area contributed by atoms with Crippen LogP contribution in [0.1, 0.15) is 30.3 Å². The molecule has 11 heteroatoms. The first-order valence-corrected chi connectivity index (χ1v) is 12.9. The smallest absolute Gasteiger partial charge is 0.224 e. The molecule has 202 valence electrons. The van der Waals surface area contributed by atoms with E-state index in [4.69, 9.17) is 37.4 Å². The molecule has 1 amide bonds. The Kier molecular flexibility index (Phi) is 9.60. The van der Waals surface area contributed by atoms with Crippen molar-refractivity contribution in [2.75, 3.05) is 40.5 Å². The summed E-state index contributed by atoms with van der Waals surface area (Å²) in [7, 11) is 2.97. The van der Waals surface area contributed by atoms with Gasteiger partial charge in [-0.1, -0.05) is 35.3 Å². The molecule has 0 saturated carbocycles. The second-order valence-corrected chi connectivity index (χ2v) is 9.69. The standard InChI is InChI=1S/C27H29Cl2FN4O4/c1-36-23-16-24(37-2)32-26(31-23)25(17-3-6-20(30)7-4-17)33-27(35)18-9-11-34(12-10-18)13-14-38-22-8-5-19(28)15-21(22)29/h3-8,15-16,18,25H,9-14H2,1-2H3,(H,33,35). The van der Waals surface area contributed by atoms with Crippen LogP contribution in [0, 0.1) is 11.7 Å². The summed E-state index contributed by atoms with van der Waals surface area (Å²) in [5.74, 6) is 0.789. The lowest BCUT2D eigenvalue weighted by molar-refractivity contribution is -0.127. The molecule has 1 saturated heterocycles. The summed E-state index contributed by atoms with van der Waals surface area (Å²) in [5.41, 5.74) is 0.644. The molecule has 1 N–H and O–H groups in total. The van der Waals surface area contributed by atoms with Crippen LogP contribution in [0.4, 0.5) is 4.39 Å². The van der Waals surface area contributed by atoms with Crippen molar-refractivity contribution in [2.45, 2.75) is 18.9 Å². The number of benzene rings is 2. The maximum absolute atomic E-state index is 13.6. The number of rotatable bonds is 10. The second kappa shape index (κ2) is 13.1. The van der Waals surface area contributed by atoms with Gasteiger partial charge in [-0.2, -0.15) is 9.97 Å². The quantitative estimate of drug-likeness (QED) is 0.374. The Labute approximate surface area is 231 Å². The first kappa shape index (κ1) is 27.9. The minimum atomic E-state index is -0.706. The van der Waals surface area contributed by atoms with Gasteiger partial charge in [0.1, 0.15) is 24.2 Å². The van der Waals surface area contributed by atoms with Crippen LogP contribution in [0.15, 0.2) is 48.5 Å². The average molecular weight is 563 g/mol. The van der Waals surface area contributed by atoms with E-state index >= 15 is 0 Å². The summed E-state index contributed by atoms with van der Waals surface area (Å²) in [6.45, 7) is 2.68. The van der Waals surface area contributed by atoms with Crippen molar-refractivity contribution in [1.82, 2.24) is 20.2 Å². The Hall–Kier alpha value is -3.14. The van der Waals surface area contributed by atoms with E-state index in [2.05, 4.69) is 20.2 Å². The molecule has 38 heavy (non-hydrogen) atoms. The molecule has 3 aromatic rings. The number of aromatic nitrogens is 2. The number of hydrogen-bond donors (Lipinski definition) is 1. The Morgan fingerprint density at radius 3 is 2.32 bits per heavy atom. The highest BCUT2D eigenvalue weighted by Gasteiger charge is 2.29. The van der Waals surface area contributed by atoms with Crippen LogP contribution in [0.5, 0.6) is 17.5 Å². The number of likely N-dealkylation sites (tertiary alicyclic amines) is 1. The molecule has 1 aromatic heterocycles. The highest BCUT2D eigenvalue weighted by molar-refractivity contribution is 6.35. The topological polar surface area (TPSA) is 85.8 Å². The number of nitrogens with zero attached hydrogens (tertiary/aromatic N) is 3. The summed E-state index contributed by atoms with van der Waals surface area (Å²) in [6, 6.07) is 11.9. The number of carbonyl (C=O) groups excluding carboxylic acids is 1. The molecule has 1 unspecified atom stereocenters. The number of ether oxygens (including phenoxy) is 3. The summed E-state index contributed by atoms with van der Waals surface area (Å²) in [6.07, 6.45) is 1.37. The largest absolute Gasteiger partial charge is 0.491 e. The van der Waals surface area contributed by atoms with E-state index in [-0.39, 0.29) is 23.5 Å². The van der Waals surface area contributed by atoms with Crippen LogP contribution < -0.4 is 19.5 Å². The van der Waals surface area contributed by atoms with Crippen molar-refractivity contribution in [3.8, 4) is 17.5 Å². The lowest BCUT2D eigenvalue weighted by Crippen LogP contribution is -2.43. The second-order valence-electron chi connectivity index (χ2n) is 8.84. The van der Waals surface area contributed by atoms with Crippen LogP contribution in [0.2, 0.25) is 10.0 Å². The SMILES string of the molecule is COc1cc(OC)nc(C(NC(=O)C2CCN(CCOc3ccc(Cl)cc3Cl)CC2)c2ccc(F)cc2)n1. The summed E-state index contributed by atoms with van der Waals surface area (Å²) >= 11 is 12.1. The molecular weight excluding hydrogens is 534 g/mol. The molecule has 0 radical (unpaired) electrons. The van der Waals surface area contributed by atoms with E-state index in [0.29, 0.717) is 59.1 Å². The molecule has 2 aromatic carbocycles. The predicted octanol–water partition coefficient (Wildman–Crippen LogP) is 4.94. The van der Waals surface area contributed by atoms with Crippen molar-refractivity contribution in [3.05, 3.63) is 75.8 Å². The molecule has 2 heterocycles. The molecule has 0 spiro atoms. The van der Waals surface area contributed by atoms with Crippen LogP contribution >= 0.6 is 23.2 Å². The van der Waals surface area contributed by atoms with E-state index in [9.17, 15) is 9.18 Å². The van der Waals surface area contributed by atoms with Crippen molar-refractivity contribution >= 4 is 29.1 Å². The van der Waals surface area contributed by atoms with E-state index < -0.39 is 6.04 Å². The van der Waals surface area contributed by atoms with Crippen molar-refractivity contribution in [1.29, 1.82) is 0 Å². The summed E-state index contributed by atoms with van der Waals surface area (Å²) < 4.78 is 30.0. The van der Waals surface area contributed by atoms with Crippen LogP contribution in [-0.2, 0) is 4.79 Å². The zero-order valence-electron chi connectivity index (χ0n) is 21.1. The number of methoxy groups -OCH3 is 2.